The second-order valence-electron chi connectivity index (χ2n) is 6.74. The maximum atomic E-state index is 14.1. The predicted octanol–water partition coefficient (Wildman–Crippen LogP) is 2.90. The number of anilines is 2. The Morgan fingerprint density at radius 3 is 2.40 bits per heavy atom. The van der Waals surface area contributed by atoms with Gasteiger partial charge < -0.3 is 10.6 Å². The van der Waals surface area contributed by atoms with Crippen molar-refractivity contribution in [2.24, 2.45) is 0 Å². The van der Waals surface area contributed by atoms with E-state index in [1.165, 1.54) is 12.1 Å². The number of hydrogen-bond acceptors (Lipinski definition) is 4. The van der Waals surface area contributed by atoms with Gasteiger partial charge in [0.2, 0.25) is 15.9 Å². The monoisotopic (exact) mass is 439 g/mol. The SMILES string of the molecule is CCC(C)NC(=O)c1ccccc1NC(=O)CN(c1ccc(F)cc1F)S(C)(=O)=O. The molecule has 0 heterocycles. The Morgan fingerprint density at radius 1 is 1.13 bits per heavy atom. The summed E-state index contributed by atoms with van der Waals surface area (Å²) in [6.45, 7) is 2.98. The van der Waals surface area contributed by atoms with Crippen molar-refractivity contribution < 1.29 is 26.8 Å². The minimum Gasteiger partial charge on any atom is -0.350 e. The fourth-order valence-electron chi connectivity index (χ4n) is 2.58. The van der Waals surface area contributed by atoms with E-state index in [2.05, 4.69) is 10.6 Å². The molecule has 0 aliphatic carbocycles. The van der Waals surface area contributed by atoms with E-state index in [1.807, 2.05) is 13.8 Å². The van der Waals surface area contributed by atoms with Crippen LogP contribution in [0.25, 0.3) is 0 Å². The molecule has 0 aromatic heterocycles. The van der Waals surface area contributed by atoms with E-state index in [4.69, 9.17) is 0 Å². The van der Waals surface area contributed by atoms with Crippen LogP contribution < -0.4 is 14.9 Å². The molecule has 2 aromatic carbocycles. The van der Waals surface area contributed by atoms with Crippen LogP contribution >= 0.6 is 0 Å². The normalized spacial score (nSPS) is 12.2. The van der Waals surface area contributed by atoms with Gasteiger partial charge in [-0.05, 0) is 37.6 Å². The number of halogens is 2. The minimum absolute atomic E-state index is 0.0802. The summed E-state index contributed by atoms with van der Waals surface area (Å²) < 4.78 is 52.0. The van der Waals surface area contributed by atoms with Gasteiger partial charge in [-0.2, -0.15) is 0 Å². The molecule has 0 radical (unpaired) electrons. The highest BCUT2D eigenvalue weighted by atomic mass is 32.2. The van der Waals surface area contributed by atoms with Crippen LogP contribution in [0.1, 0.15) is 30.6 Å². The van der Waals surface area contributed by atoms with Gasteiger partial charge in [0, 0.05) is 12.1 Å². The van der Waals surface area contributed by atoms with E-state index >= 15 is 0 Å². The molecule has 162 valence electrons. The number of hydrogen-bond donors (Lipinski definition) is 2. The lowest BCUT2D eigenvalue weighted by Gasteiger charge is -2.22. The van der Waals surface area contributed by atoms with Gasteiger partial charge in [0.15, 0.2) is 0 Å². The first kappa shape index (κ1) is 23.3. The summed E-state index contributed by atoms with van der Waals surface area (Å²) in [5.41, 5.74) is -0.0850. The number of nitrogens with zero attached hydrogens (tertiary/aromatic N) is 1. The van der Waals surface area contributed by atoms with Crippen LogP contribution in [-0.2, 0) is 14.8 Å². The van der Waals surface area contributed by atoms with E-state index in [9.17, 15) is 26.8 Å². The van der Waals surface area contributed by atoms with Gasteiger partial charge in [-0.15, -0.1) is 0 Å². The fourth-order valence-corrected chi connectivity index (χ4v) is 3.44. The summed E-state index contributed by atoms with van der Waals surface area (Å²) >= 11 is 0. The first-order valence-corrected chi connectivity index (χ1v) is 11.0. The highest BCUT2D eigenvalue weighted by Crippen LogP contribution is 2.23. The molecule has 2 amide bonds. The highest BCUT2D eigenvalue weighted by Gasteiger charge is 2.25. The molecule has 0 aliphatic heterocycles. The quantitative estimate of drug-likeness (QED) is 0.661. The van der Waals surface area contributed by atoms with Crippen molar-refractivity contribution in [3.05, 3.63) is 59.7 Å². The zero-order valence-electron chi connectivity index (χ0n) is 16.8. The molecule has 30 heavy (non-hydrogen) atoms. The number of amides is 2. The number of benzene rings is 2. The van der Waals surface area contributed by atoms with E-state index in [0.29, 0.717) is 16.8 Å². The minimum atomic E-state index is -4.06. The summed E-state index contributed by atoms with van der Waals surface area (Å²) in [5.74, 6) is -3.20. The highest BCUT2D eigenvalue weighted by molar-refractivity contribution is 7.92. The number of para-hydroxylation sites is 1. The van der Waals surface area contributed by atoms with Gasteiger partial charge in [0.05, 0.1) is 23.2 Å². The average molecular weight is 439 g/mol. The molecule has 0 fully saturated rings. The van der Waals surface area contributed by atoms with Crippen molar-refractivity contribution in [3.8, 4) is 0 Å². The molecule has 0 spiro atoms. The summed E-state index contributed by atoms with van der Waals surface area (Å²) in [7, 11) is -4.06. The Morgan fingerprint density at radius 2 is 1.80 bits per heavy atom. The molecule has 2 rings (SSSR count). The average Bonchev–Trinajstić information content (AvgIpc) is 2.66. The standard InChI is InChI=1S/C20H23F2N3O4S/c1-4-13(2)23-20(27)15-7-5-6-8-17(15)24-19(26)12-25(30(3,28)29)18-10-9-14(21)11-16(18)22/h5-11,13H,4,12H2,1-3H3,(H,23,27)(H,24,26). The zero-order chi connectivity index (χ0) is 22.5. The first-order chi connectivity index (χ1) is 14.0. The molecule has 2 aromatic rings. The topological polar surface area (TPSA) is 95.6 Å². The van der Waals surface area contributed by atoms with E-state index < -0.39 is 45.7 Å². The number of sulfonamides is 1. The summed E-state index contributed by atoms with van der Waals surface area (Å²) in [4.78, 5) is 25.0. The van der Waals surface area contributed by atoms with Crippen LogP contribution in [0.3, 0.4) is 0 Å². The molecule has 1 unspecified atom stereocenters. The molecule has 10 heteroatoms. The number of rotatable bonds is 8. The molecule has 0 aliphatic rings. The van der Waals surface area contributed by atoms with Gasteiger partial charge in [-0.3, -0.25) is 13.9 Å². The largest absolute Gasteiger partial charge is 0.350 e. The lowest BCUT2D eigenvalue weighted by atomic mass is 10.1. The lowest BCUT2D eigenvalue weighted by molar-refractivity contribution is -0.114. The first-order valence-electron chi connectivity index (χ1n) is 9.15. The molecule has 0 bridgehead atoms. The van der Waals surface area contributed by atoms with Crippen molar-refractivity contribution in [1.82, 2.24) is 5.32 Å². The second kappa shape index (κ2) is 9.66. The third-order valence-corrected chi connectivity index (χ3v) is 5.43. The van der Waals surface area contributed by atoms with E-state index in [-0.39, 0.29) is 17.3 Å². The van der Waals surface area contributed by atoms with Crippen LogP contribution in [-0.4, -0.2) is 39.1 Å². The Hall–Kier alpha value is -3.01. The molecular formula is C20H23F2N3O4S. The van der Waals surface area contributed by atoms with Crippen LogP contribution in [0.2, 0.25) is 0 Å². The fraction of sp³-hybridized carbons (Fsp3) is 0.300. The summed E-state index contributed by atoms with van der Waals surface area (Å²) in [5, 5.41) is 5.26. The Labute approximate surface area is 174 Å². The Kier molecular flexibility index (Phi) is 7.49. The summed E-state index contributed by atoms with van der Waals surface area (Å²) in [6.07, 6.45) is 1.52. The van der Waals surface area contributed by atoms with Crippen molar-refractivity contribution in [2.45, 2.75) is 26.3 Å². The number of nitrogens with one attached hydrogen (secondary N) is 2. The second-order valence-corrected chi connectivity index (χ2v) is 8.65. The van der Waals surface area contributed by atoms with Gasteiger partial charge in [-0.1, -0.05) is 19.1 Å². The van der Waals surface area contributed by atoms with Crippen molar-refractivity contribution in [2.75, 3.05) is 22.4 Å². The van der Waals surface area contributed by atoms with Crippen LogP contribution in [0.15, 0.2) is 42.5 Å². The molecule has 0 saturated carbocycles. The van der Waals surface area contributed by atoms with Gasteiger partial charge in [0.25, 0.3) is 5.91 Å². The Balaban J connectivity index is 2.26. The summed E-state index contributed by atoms with van der Waals surface area (Å²) in [6, 6.07) is 8.51. The molecular weight excluding hydrogens is 416 g/mol. The van der Waals surface area contributed by atoms with Crippen LogP contribution in [0, 0.1) is 11.6 Å². The van der Waals surface area contributed by atoms with Gasteiger partial charge in [0.1, 0.15) is 18.2 Å². The van der Waals surface area contributed by atoms with E-state index in [0.717, 1.165) is 18.4 Å². The van der Waals surface area contributed by atoms with Crippen LogP contribution in [0.4, 0.5) is 20.2 Å². The third kappa shape index (κ3) is 5.99. The lowest BCUT2D eigenvalue weighted by Crippen LogP contribution is -2.38. The van der Waals surface area contributed by atoms with Crippen molar-refractivity contribution in [1.29, 1.82) is 0 Å². The molecule has 1 atom stereocenters. The van der Waals surface area contributed by atoms with Crippen molar-refractivity contribution in [3.63, 3.8) is 0 Å². The van der Waals surface area contributed by atoms with Gasteiger partial charge in [-0.25, -0.2) is 17.2 Å². The predicted molar refractivity (Wildman–Crippen MR) is 111 cm³/mol. The van der Waals surface area contributed by atoms with Crippen molar-refractivity contribution >= 4 is 33.2 Å². The zero-order valence-corrected chi connectivity index (χ0v) is 17.6. The number of carbonyl (C=O) groups is 2. The molecule has 2 N–H and O–H groups in total. The maximum Gasteiger partial charge on any atom is 0.253 e. The maximum absolute atomic E-state index is 14.1. The van der Waals surface area contributed by atoms with E-state index in [1.54, 1.807) is 12.1 Å². The van der Waals surface area contributed by atoms with Crippen LogP contribution in [0.5, 0.6) is 0 Å². The Bertz CT molecular complexity index is 1040. The smallest absolute Gasteiger partial charge is 0.253 e. The molecule has 0 saturated heterocycles. The van der Waals surface area contributed by atoms with Gasteiger partial charge >= 0.3 is 0 Å². The third-order valence-electron chi connectivity index (χ3n) is 4.30. The molecule has 7 nitrogen and oxygen atoms in total. The number of carbonyl (C=O) groups excluding carboxylic acids is 2.